The lowest BCUT2D eigenvalue weighted by molar-refractivity contribution is 0.102. The number of nitrogens with zero attached hydrogens (tertiary/aromatic N) is 4. The van der Waals surface area contributed by atoms with Crippen molar-refractivity contribution >= 4 is 29.0 Å². The average molecular weight is 234 g/mol. The van der Waals surface area contributed by atoms with Gasteiger partial charge in [-0.05, 0) is 11.4 Å². The van der Waals surface area contributed by atoms with E-state index >= 15 is 0 Å². The second-order valence-corrected chi connectivity index (χ2v) is 3.93. The van der Waals surface area contributed by atoms with Crippen molar-refractivity contribution in [2.24, 2.45) is 0 Å². The monoisotopic (exact) mass is 234 g/mol. The standard InChI is InChI=1S/C8H6N6OS/c15-6(5-2-1-3-16-5)11-8-13-12-7-9-4-10-14(7)8/h1-4H,(H,9,10,12)(H,11,13,15). The molecule has 80 valence electrons. The van der Waals surface area contributed by atoms with Crippen LogP contribution in [0.1, 0.15) is 9.67 Å². The van der Waals surface area contributed by atoms with Crippen LogP contribution in [0.25, 0.3) is 5.78 Å². The van der Waals surface area contributed by atoms with E-state index in [4.69, 9.17) is 0 Å². The lowest BCUT2D eigenvalue weighted by Crippen LogP contribution is -2.12. The molecule has 2 N–H and O–H groups in total. The van der Waals surface area contributed by atoms with Crippen LogP contribution in [-0.2, 0) is 0 Å². The van der Waals surface area contributed by atoms with Crippen molar-refractivity contribution in [2.75, 3.05) is 5.32 Å². The molecule has 3 heterocycles. The molecule has 3 rings (SSSR count). The number of rotatable bonds is 2. The first kappa shape index (κ1) is 9.04. The number of aromatic amines is 1. The van der Waals surface area contributed by atoms with Crippen molar-refractivity contribution in [2.45, 2.75) is 0 Å². The second-order valence-electron chi connectivity index (χ2n) is 2.98. The normalized spacial score (nSPS) is 10.8. The van der Waals surface area contributed by atoms with Gasteiger partial charge >= 0.3 is 0 Å². The van der Waals surface area contributed by atoms with Gasteiger partial charge in [-0.15, -0.1) is 21.5 Å². The second kappa shape index (κ2) is 3.42. The van der Waals surface area contributed by atoms with Gasteiger partial charge in [0.05, 0.1) is 4.88 Å². The number of H-pyrrole nitrogens is 1. The summed E-state index contributed by atoms with van der Waals surface area (Å²) in [4.78, 5) is 16.2. The van der Waals surface area contributed by atoms with Gasteiger partial charge in [0.25, 0.3) is 17.6 Å². The minimum atomic E-state index is -0.209. The predicted octanol–water partition coefficient (Wildman–Crippen LogP) is 0.766. The van der Waals surface area contributed by atoms with Crippen LogP contribution in [0.15, 0.2) is 23.8 Å². The number of thiophene rings is 1. The minimum absolute atomic E-state index is 0.209. The fourth-order valence-electron chi connectivity index (χ4n) is 1.27. The molecule has 0 aliphatic heterocycles. The summed E-state index contributed by atoms with van der Waals surface area (Å²) in [6, 6.07) is 3.56. The molecule has 0 atom stereocenters. The molecule has 0 fully saturated rings. The first-order valence-corrected chi connectivity index (χ1v) is 5.32. The highest BCUT2D eigenvalue weighted by molar-refractivity contribution is 7.12. The number of carbonyl (C=O) groups excluding carboxylic acids is 1. The Morgan fingerprint density at radius 3 is 3.25 bits per heavy atom. The maximum absolute atomic E-state index is 11.7. The molecule has 0 spiro atoms. The summed E-state index contributed by atoms with van der Waals surface area (Å²) in [7, 11) is 0. The van der Waals surface area contributed by atoms with Crippen molar-refractivity contribution in [3.8, 4) is 0 Å². The van der Waals surface area contributed by atoms with Gasteiger partial charge in [-0.1, -0.05) is 6.07 Å². The largest absolute Gasteiger partial charge is 0.288 e. The zero-order valence-electron chi connectivity index (χ0n) is 7.91. The van der Waals surface area contributed by atoms with E-state index in [1.165, 1.54) is 22.2 Å². The number of aromatic nitrogens is 5. The molecule has 0 radical (unpaired) electrons. The van der Waals surface area contributed by atoms with Gasteiger partial charge in [-0.2, -0.15) is 9.50 Å². The van der Waals surface area contributed by atoms with Gasteiger partial charge in [-0.25, -0.2) is 0 Å². The van der Waals surface area contributed by atoms with Gasteiger partial charge in [0, 0.05) is 0 Å². The Morgan fingerprint density at radius 2 is 2.44 bits per heavy atom. The van der Waals surface area contributed by atoms with Crippen molar-refractivity contribution in [3.63, 3.8) is 0 Å². The van der Waals surface area contributed by atoms with Crippen LogP contribution >= 0.6 is 11.3 Å². The van der Waals surface area contributed by atoms with Crippen LogP contribution in [0.4, 0.5) is 5.95 Å². The number of hydrogen-bond donors (Lipinski definition) is 2. The van der Waals surface area contributed by atoms with Crippen LogP contribution in [0, 0.1) is 0 Å². The minimum Gasteiger partial charge on any atom is -0.288 e. The highest BCUT2D eigenvalue weighted by Crippen LogP contribution is 2.11. The summed E-state index contributed by atoms with van der Waals surface area (Å²) < 4.78 is 1.49. The fourth-order valence-corrected chi connectivity index (χ4v) is 1.89. The average Bonchev–Trinajstić information content (AvgIpc) is 2.94. The Labute approximate surface area is 93.1 Å². The third kappa shape index (κ3) is 1.36. The fraction of sp³-hybridized carbons (Fsp3) is 0. The van der Waals surface area contributed by atoms with E-state index in [1.807, 2.05) is 11.4 Å². The van der Waals surface area contributed by atoms with Crippen LogP contribution in [0.3, 0.4) is 0 Å². The van der Waals surface area contributed by atoms with Crippen LogP contribution < -0.4 is 5.32 Å². The summed E-state index contributed by atoms with van der Waals surface area (Å²) in [6.45, 7) is 0. The SMILES string of the molecule is O=C(Nc1nnc2nc[nH]n12)c1cccs1. The third-order valence-corrected chi connectivity index (χ3v) is 2.85. The zero-order chi connectivity index (χ0) is 11.0. The molecule has 3 aromatic rings. The van der Waals surface area contributed by atoms with E-state index in [-0.39, 0.29) is 5.91 Å². The molecule has 7 nitrogen and oxygen atoms in total. The Morgan fingerprint density at radius 1 is 1.50 bits per heavy atom. The number of anilines is 1. The Hall–Kier alpha value is -2.22. The highest BCUT2D eigenvalue weighted by atomic mass is 32.1. The van der Waals surface area contributed by atoms with E-state index in [2.05, 4.69) is 25.6 Å². The molecule has 0 bridgehead atoms. The van der Waals surface area contributed by atoms with Gasteiger partial charge in [0.15, 0.2) is 0 Å². The molecule has 8 heteroatoms. The van der Waals surface area contributed by atoms with Gasteiger partial charge in [0.1, 0.15) is 6.33 Å². The third-order valence-electron chi connectivity index (χ3n) is 1.98. The molecular formula is C8H6N6OS. The summed E-state index contributed by atoms with van der Waals surface area (Å²) in [6.07, 6.45) is 1.48. The number of nitrogens with one attached hydrogen (secondary N) is 2. The van der Waals surface area contributed by atoms with Crippen molar-refractivity contribution in [3.05, 3.63) is 28.7 Å². The van der Waals surface area contributed by atoms with E-state index < -0.39 is 0 Å². The lowest BCUT2D eigenvalue weighted by Gasteiger charge is -1.98. The Bertz CT molecular complexity index is 624. The van der Waals surface area contributed by atoms with Crippen molar-refractivity contribution in [1.29, 1.82) is 0 Å². The Kier molecular flexibility index (Phi) is 1.93. The molecule has 0 saturated carbocycles. The first-order chi connectivity index (χ1) is 7.84. The maximum Gasteiger partial charge on any atom is 0.273 e. The topological polar surface area (TPSA) is 88.0 Å². The number of amides is 1. The van der Waals surface area contributed by atoms with E-state index in [0.717, 1.165) is 0 Å². The van der Waals surface area contributed by atoms with Gasteiger partial charge in [-0.3, -0.25) is 15.2 Å². The lowest BCUT2D eigenvalue weighted by atomic mass is 10.4. The van der Waals surface area contributed by atoms with Crippen molar-refractivity contribution < 1.29 is 4.79 Å². The van der Waals surface area contributed by atoms with Crippen LogP contribution in [0.2, 0.25) is 0 Å². The molecule has 0 saturated heterocycles. The molecule has 1 amide bonds. The van der Waals surface area contributed by atoms with Gasteiger partial charge < -0.3 is 0 Å². The molecule has 0 unspecified atom stereocenters. The highest BCUT2D eigenvalue weighted by Gasteiger charge is 2.12. The number of carbonyl (C=O) groups is 1. The summed E-state index contributed by atoms with van der Waals surface area (Å²) >= 11 is 1.37. The zero-order valence-corrected chi connectivity index (χ0v) is 8.73. The molecule has 0 aliphatic carbocycles. The summed E-state index contributed by atoms with van der Waals surface area (Å²) in [5, 5.41) is 14.8. The number of fused-ring (bicyclic) bond motifs is 1. The molecule has 3 aromatic heterocycles. The van der Waals surface area contributed by atoms with E-state index in [0.29, 0.717) is 16.6 Å². The summed E-state index contributed by atoms with van der Waals surface area (Å²) in [5.74, 6) is 0.534. The first-order valence-electron chi connectivity index (χ1n) is 4.44. The Balaban J connectivity index is 1.91. The van der Waals surface area contributed by atoms with E-state index in [1.54, 1.807) is 6.07 Å². The van der Waals surface area contributed by atoms with Crippen LogP contribution in [-0.4, -0.2) is 30.7 Å². The quantitative estimate of drug-likeness (QED) is 0.685. The smallest absolute Gasteiger partial charge is 0.273 e. The van der Waals surface area contributed by atoms with Gasteiger partial charge in [0.2, 0.25) is 0 Å². The van der Waals surface area contributed by atoms with Crippen LogP contribution in [0.5, 0.6) is 0 Å². The molecular weight excluding hydrogens is 228 g/mol. The molecule has 0 aromatic carbocycles. The number of hydrogen-bond acceptors (Lipinski definition) is 5. The molecule has 16 heavy (non-hydrogen) atoms. The van der Waals surface area contributed by atoms with Crippen molar-refractivity contribution in [1.82, 2.24) is 24.8 Å². The molecule has 0 aliphatic rings. The predicted molar refractivity (Wildman–Crippen MR) is 57.4 cm³/mol. The van der Waals surface area contributed by atoms with E-state index in [9.17, 15) is 4.79 Å². The maximum atomic E-state index is 11.7. The summed E-state index contributed by atoms with van der Waals surface area (Å²) in [5.41, 5.74) is 0.